The van der Waals surface area contributed by atoms with Gasteiger partial charge in [-0.25, -0.2) is 0 Å². The maximum absolute atomic E-state index is 5.89. The standard InChI is InChI=1S/C13H22O/c1-2-14-13-8-9-7-12(13)11-6-4-3-5-10(9)11/h9-13H,2-8H2,1H3. The third-order valence-corrected chi connectivity index (χ3v) is 5.00. The van der Waals surface area contributed by atoms with Crippen molar-refractivity contribution in [2.75, 3.05) is 6.61 Å². The lowest BCUT2D eigenvalue weighted by molar-refractivity contribution is -0.0198. The van der Waals surface area contributed by atoms with E-state index < -0.39 is 0 Å². The minimum atomic E-state index is 0.643. The van der Waals surface area contributed by atoms with Crippen LogP contribution in [0.3, 0.4) is 0 Å². The van der Waals surface area contributed by atoms with Crippen LogP contribution in [-0.2, 0) is 4.74 Å². The molecule has 1 nitrogen and oxygen atoms in total. The van der Waals surface area contributed by atoms with E-state index in [4.69, 9.17) is 4.74 Å². The molecule has 3 saturated carbocycles. The van der Waals surface area contributed by atoms with Crippen LogP contribution in [0.4, 0.5) is 0 Å². The highest BCUT2D eigenvalue weighted by Gasteiger charge is 2.52. The molecular formula is C13H22O. The van der Waals surface area contributed by atoms with Gasteiger partial charge in [0, 0.05) is 6.61 Å². The lowest BCUT2D eigenvalue weighted by Gasteiger charge is -2.38. The molecule has 5 unspecified atom stereocenters. The van der Waals surface area contributed by atoms with Gasteiger partial charge in [-0.2, -0.15) is 0 Å². The van der Waals surface area contributed by atoms with Crippen LogP contribution in [0.25, 0.3) is 0 Å². The maximum Gasteiger partial charge on any atom is 0.0608 e. The summed E-state index contributed by atoms with van der Waals surface area (Å²) in [5.41, 5.74) is 0. The quantitative estimate of drug-likeness (QED) is 0.655. The van der Waals surface area contributed by atoms with E-state index in [1.165, 1.54) is 38.5 Å². The predicted molar refractivity (Wildman–Crippen MR) is 57.1 cm³/mol. The molecule has 0 radical (unpaired) electrons. The molecule has 5 atom stereocenters. The molecule has 80 valence electrons. The lowest BCUT2D eigenvalue weighted by atomic mass is 9.70. The lowest BCUT2D eigenvalue weighted by Crippen LogP contribution is -2.34. The highest BCUT2D eigenvalue weighted by atomic mass is 16.5. The third-order valence-electron chi connectivity index (χ3n) is 5.00. The van der Waals surface area contributed by atoms with E-state index in [0.29, 0.717) is 6.10 Å². The average molecular weight is 194 g/mol. The third kappa shape index (κ3) is 1.25. The molecule has 3 fully saturated rings. The van der Waals surface area contributed by atoms with Gasteiger partial charge < -0.3 is 4.74 Å². The van der Waals surface area contributed by atoms with Crippen LogP contribution >= 0.6 is 0 Å². The molecule has 0 saturated heterocycles. The fraction of sp³-hybridized carbons (Fsp3) is 1.00. The van der Waals surface area contributed by atoms with E-state index in [0.717, 1.165) is 30.3 Å². The van der Waals surface area contributed by atoms with Gasteiger partial charge in [-0.3, -0.25) is 0 Å². The second-order valence-electron chi connectivity index (χ2n) is 5.50. The second kappa shape index (κ2) is 3.52. The SMILES string of the molecule is CCOC1CC2CC1C1CCCCC21. The van der Waals surface area contributed by atoms with Crippen LogP contribution in [0, 0.1) is 23.7 Å². The summed E-state index contributed by atoms with van der Waals surface area (Å²) in [7, 11) is 0. The fourth-order valence-corrected chi connectivity index (χ4v) is 4.58. The van der Waals surface area contributed by atoms with Crippen molar-refractivity contribution in [2.24, 2.45) is 23.7 Å². The predicted octanol–water partition coefficient (Wildman–Crippen LogP) is 3.24. The van der Waals surface area contributed by atoms with Crippen LogP contribution < -0.4 is 0 Å². The Hall–Kier alpha value is -0.0400. The normalized spacial score (nSPS) is 50.8. The number of rotatable bonds is 2. The summed E-state index contributed by atoms with van der Waals surface area (Å²) in [6, 6.07) is 0. The van der Waals surface area contributed by atoms with Gasteiger partial charge in [0.05, 0.1) is 6.10 Å². The Morgan fingerprint density at radius 3 is 2.57 bits per heavy atom. The van der Waals surface area contributed by atoms with E-state index in [2.05, 4.69) is 6.92 Å². The molecule has 0 heterocycles. The van der Waals surface area contributed by atoms with Crippen molar-refractivity contribution in [2.45, 2.75) is 51.6 Å². The summed E-state index contributed by atoms with van der Waals surface area (Å²) in [5.74, 6) is 4.15. The minimum Gasteiger partial charge on any atom is -0.378 e. The Balaban J connectivity index is 1.72. The molecule has 0 N–H and O–H groups in total. The zero-order chi connectivity index (χ0) is 9.54. The first kappa shape index (κ1) is 9.21. The molecule has 3 aliphatic rings. The van der Waals surface area contributed by atoms with Crippen LogP contribution in [0.5, 0.6) is 0 Å². The fourth-order valence-electron chi connectivity index (χ4n) is 4.58. The van der Waals surface area contributed by atoms with Gasteiger partial charge >= 0.3 is 0 Å². The maximum atomic E-state index is 5.89. The molecule has 2 bridgehead atoms. The summed E-state index contributed by atoms with van der Waals surface area (Å²) < 4.78 is 5.89. The molecule has 0 aromatic rings. The van der Waals surface area contributed by atoms with E-state index in [1.807, 2.05) is 0 Å². The average Bonchev–Trinajstić information content (AvgIpc) is 2.77. The van der Waals surface area contributed by atoms with E-state index in [1.54, 1.807) is 0 Å². The zero-order valence-electron chi connectivity index (χ0n) is 9.24. The summed E-state index contributed by atoms with van der Waals surface area (Å²) in [5, 5.41) is 0. The first-order valence-corrected chi connectivity index (χ1v) is 6.51. The van der Waals surface area contributed by atoms with E-state index in [9.17, 15) is 0 Å². The van der Waals surface area contributed by atoms with Gasteiger partial charge in [-0.15, -0.1) is 0 Å². The largest absolute Gasteiger partial charge is 0.378 e. The monoisotopic (exact) mass is 194 g/mol. The number of hydrogen-bond acceptors (Lipinski definition) is 1. The van der Waals surface area contributed by atoms with Gasteiger partial charge in [-0.1, -0.05) is 12.8 Å². The molecule has 0 aromatic heterocycles. The topological polar surface area (TPSA) is 9.23 Å². The molecule has 1 heteroatoms. The Bertz CT molecular complexity index is 211. The molecule has 0 spiro atoms. The van der Waals surface area contributed by atoms with Gasteiger partial charge in [0.2, 0.25) is 0 Å². The Morgan fingerprint density at radius 2 is 1.79 bits per heavy atom. The molecule has 3 aliphatic carbocycles. The Kier molecular flexibility index (Phi) is 2.31. The van der Waals surface area contributed by atoms with E-state index in [-0.39, 0.29) is 0 Å². The van der Waals surface area contributed by atoms with Crippen molar-refractivity contribution < 1.29 is 4.74 Å². The summed E-state index contributed by atoms with van der Waals surface area (Å²) in [4.78, 5) is 0. The molecule has 0 aromatic carbocycles. The van der Waals surface area contributed by atoms with Crippen LogP contribution in [0.2, 0.25) is 0 Å². The van der Waals surface area contributed by atoms with E-state index >= 15 is 0 Å². The van der Waals surface area contributed by atoms with Gasteiger partial charge in [0.1, 0.15) is 0 Å². The summed E-state index contributed by atoms with van der Waals surface area (Å²) in [6.07, 6.45) is 9.57. The number of hydrogen-bond donors (Lipinski definition) is 0. The molecule has 3 rings (SSSR count). The summed E-state index contributed by atoms with van der Waals surface area (Å²) in [6.45, 7) is 3.07. The van der Waals surface area contributed by atoms with Crippen molar-refractivity contribution in [3.05, 3.63) is 0 Å². The summed E-state index contributed by atoms with van der Waals surface area (Å²) >= 11 is 0. The van der Waals surface area contributed by atoms with Gasteiger partial charge in [0.15, 0.2) is 0 Å². The van der Waals surface area contributed by atoms with Crippen LogP contribution in [-0.4, -0.2) is 12.7 Å². The van der Waals surface area contributed by atoms with Crippen LogP contribution in [0.15, 0.2) is 0 Å². The first-order chi connectivity index (χ1) is 6.90. The molecule has 0 amide bonds. The van der Waals surface area contributed by atoms with Gasteiger partial charge in [-0.05, 0) is 56.3 Å². The Labute approximate surface area is 87.2 Å². The van der Waals surface area contributed by atoms with Crippen molar-refractivity contribution in [3.8, 4) is 0 Å². The van der Waals surface area contributed by atoms with Crippen LogP contribution in [0.1, 0.15) is 45.4 Å². The smallest absolute Gasteiger partial charge is 0.0608 e. The van der Waals surface area contributed by atoms with Gasteiger partial charge in [0.25, 0.3) is 0 Å². The number of ether oxygens (including phenoxy) is 1. The second-order valence-corrected chi connectivity index (χ2v) is 5.50. The molecule has 14 heavy (non-hydrogen) atoms. The Morgan fingerprint density at radius 1 is 1.00 bits per heavy atom. The number of fused-ring (bicyclic) bond motifs is 5. The molecular weight excluding hydrogens is 172 g/mol. The first-order valence-electron chi connectivity index (χ1n) is 6.51. The highest BCUT2D eigenvalue weighted by molar-refractivity contribution is 5.02. The molecule has 0 aliphatic heterocycles. The van der Waals surface area contributed by atoms with Crippen molar-refractivity contribution in [3.63, 3.8) is 0 Å². The van der Waals surface area contributed by atoms with Crippen molar-refractivity contribution in [1.82, 2.24) is 0 Å². The van der Waals surface area contributed by atoms with Crippen molar-refractivity contribution >= 4 is 0 Å². The minimum absolute atomic E-state index is 0.643. The van der Waals surface area contributed by atoms with Crippen molar-refractivity contribution in [1.29, 1.82) is 0 Å². The highest BCUT2D eigenvalue weighted by Crippen LogP contribution is 2.58. The zero-order valence-corrected chi connectivity index (χ0v) is 9.24.